The maximum absolute atomic E-state index is 12.5. The second-order valence-electron chi connectivity index (χ2n) is 5.20. The summed E-state index contributed by atoms with van der Waals surface area (Å²) in [5.41, 5.74) is 0.180. The summed E-state index contributed by atoms with van der Waals surface area (Å²) in [4.78, 5) is 0.183. The highest BCUT2D eigenvalue weighted by Gasteiger charge is 2.33. The van der Waals surface area contributed by atoms with E-state index in [-0.39, 0.29) is 11.5 Å². The van der Waals surface area contributed by atoms with Crippen LogP contribution in [0.2, 0.25) is 0 Å². The van der Waals surface area contributed by atoms with E-state index in [4.69, 9.17) is 9.84 Å². The Kier molecular flexibility index (Phi) is 4.86. The summed E-state index contributed by atoms with van der Waals surface area (Å²) in [7, 11) is -3.61. The molecule has 20 heavy (non-hydrogen) atoms. The number of hydrogen-bond acceptors (Lipinski definition) is 4. The van der Waals surface area contributed by atoms with Crippen LogP contribution in [0.15, 0.2) is 27.6 Å². The van der Waals surface area contributed by atoms with Crippen LogP contribution in [0.5, 0.6) is 0 Å². The fraction of sp³-hybridized carbons (Fsp3) is 0.538. The van der Waals surface area contributed by atoms with Gasteiger partial charge in [0.25, 0.3) is 0 Å². The van der Waals surface area contributed by atoms with Gasteiger partial charge in [-0.25, -0.2) is 13.1 Å². The van der Waals surface area contributed by atoms with Crippen LogP contribution in [0.4, 0.5) is 0 Å². The molecule has 1 aliphatic heterocycles. The molecule has 0 aromatic heterocycles. The number of aliphatic hydroxyl groups is 1. The molecule has 1 fully saturated rings. The third-order valence-electron chi connectivity index (χ3n) is 3.45. The predicted molar refractivity (Wildman–Crippen MR) is 78.8 cm³/mol. The van der Waals surface area contributed by atoms with Crippen molar-refractivity contribution in [1.82, 2.24) is 4.72 Å². The Hall–Kier alpha value is -0.470. The zero-order chi connectivity index (χ0) is 14.8. The number of sulfonamides is 1. The Morgan fingerprint density at radius 1 is 1.40 bits per heavy atom. The molecular weight excluding hydrogens is 346 g/mol. The van der Waals surface area contributed by atoms with Crippen LogP contribution in [0, 0.1) is 0 Å². The Balaban J connectivity index is 2.26. The van der Waals surface area contributed by atoms with Crippen molar-refractivity contribution in [2.45, 2.75) is 36.8 Å². The van der Waals surface area contributed by atoms with Gasteiger partial charge in [-0.3, -0.25) is 0 Å². The van der Waals surface area contributed by atoms with Crippen molar-refractivity contribution in [3.05, 3.63) is 28.2 Å². The highest BCUT2D eigenvalue weighted by Crippen LogP contribution is 2.27. The summed E-state index contributed by atoms with van der Waals surface area (Å²) < 4.78 is 33.4. The van der Waals surface area contributed by atoms with Crippen molar-refractivity contribution in [1.29, 1.82) is 0 Å². The SMILES string of the molecule is CC1(NS(=O)(=O)c2ccc(CO)cc2Br)CCOCC1. The molecule has 5 nitrogen and oxygen atoms in total. The molecule has 1 saturated heterocycles. The molecule has 0 aliphatic carbocycles. The van der Waals surface area contributed by atoms with Crippen molar-refractivity contribution in [3.8, 4) is 0 Å². The summed E-state index contributed by atoms with van der Waals surface area (Å²) in [5.74, 6) is 0. The van der Waals surface area contributed by atoms with Gasteiger partial charge in [0.05, 0.1) is 11.5 Å². The molecule has 1 aliphatic rings. The molecule has 2 rings (SSSR count). The van der Waals surface area contributed by atoms with Gasteiger partial charge in [0, 0.05) is 23.2 Å². The van der Waals surface area contributed by atoms with E-state index in [1.807, 2.05) is 6.92 Å². The average Bonchev–Trinajstić information content (AvgIpc) is 2.37. The van der Waals surface area contributed by atoms with Gasteiger partial charge in [-0.15, -0.1) is 0 Å². The molecule has 0 radical (unpaired) electrons. The van der Waals surface area contributed by atoms with E-state index in [0.29, 0.717) is 36.1 Å². The Morgan fingerprint density at radius 2 is 2.05 bits per heavy atom. The summed E-state index contributed by atoms with van der Waals surface area (Å²) in [6, 6.07) is 4.72. The van der Waals surface area contributed by atoms with E-state index in [9.17, 15) is 8.42 Å². The molecule has 1 heterocycles. The molecule has 0 unspecified atom stereocenters. The molecule has 0 atom stereocenters. The van der Waals surface area contributed by atoms with Gasteiger partial charge in [0.2, 0.25) is 10.0 Å². The number of rotatable bonds is 4. The summed E-state index contributed by atoms with van der Waals surface area (Å²) in [5, 5.41) is 9.06. The molecule has 1 aromatic rings. The summed E-state index contributed by atoms with van der Waals surface area (Å²) in [6.07, 6.45) is 1.30. The Labute approximate surface area is 127 Å². The van der Waals surface area contributed by atoms with Crippen molar-refractivity contribution < 1.29 is 18.3 Å². The number of benzene rings is 1. The molecule has 2 N–H and O–H groups in total. The van der Waals surface area contributed by atoms with Gasteiger partial charge >= 0.3 is 0 Å². The lowest BCUT2D eigenvalue weighted by atomic mass is 9.94. The minimum atomic E-state index is -3.61. The second-order valence-corrected chi connectivity index (χ2v) is 7.71. The lowest BCUT2D eigenvalue weighted by Crippen LogP contribution is -2.49. The quantitative estimate of drug-likeness (QED) is 0.854. The lowest BCUT2D eigenvalue weighted by molar-refractivity contribution is 0.0537. The van der Waals surface area contributed by atoms with Crippen LogP contribution in [0.3, 0.4) is 0 Å². The number of ether oxygens (including phenoxy) is 1. The van der Waals surface area contributed by atoms with Gasteiger partial charge in [-0.2, -0.15) is 0 Å². The minimum absolute atomic E-state index is 0.124. The maximum Gasteiger partial charge on any atom is 0.242 e. The van der Waals surface area contributed by atoms with Crippen molar-refractivity contribution >= 4 is 26.0 Å². The van der Waals surface area contributed by atoms with Crippen LogP contribution in [-0.4, -0.2) is 32.3 Å². The van der Waals surface area contributed by atoms with E-state index in [0.717, 1.165) is 0 Å². The normalized spacial score (nSPS) is 18.9. The topological polar surface area (TPSA) is 75.6 Å². The van der Waals surface area contributed by atoms with Gasteiger partial charge in [0.1, 0.15) is 0 Å². The van der Waals surface area contributed by atoms with Crippen molar-refractivity contribution in [2.75, 3.05) is 13.2 Å². The van der Waals surface area contributed by atoms with Gasteiger partial charge in [-0.1, -0.05) is 6.07 Å². The molecule has 112 valence electrons. The maximum atomic E-state index is 12.5. The van der Waals surface area contributed by atoms with Crippen LogP contribution < -0.4 is 4.72 Å². The highest BCUT2D eigenvalue weighted by molar-refractivity contribution is 9.10. The van der Waals surface area contributed by atoms with E-state index >= 15 is 0 Å². The number of halogens is 1. The first-order valence-corrected chi connectivity index (χ1v) is 8.65. The number of aliphatic hydroxyl groups excluding tert-OH is 1. The Morgan fingerprint density at radius 3 is 2.60 bits per heavy atom. The smallest absolute Gasteiger partial charge is 0.242 e. The van der Waals surface area contributed by atoms with Crippen LogP contribution >= 0.6 is 15.9 Å². The summed E-state index contributed by atoms with van der Waals surface area (Å²) in [6.45, 7) is 2.89. The highest BCUT2D eigenvalue weighted by atomic mass is 79.9. The number of nitrogens with one attached hydrogen (secondary N) is 1. The molecule has 7 heteroatoms. The first-order valence-electron chi connectivity index (χ1n) is 6.37. The van der Waals surface area contributed by atoms with Crippen molar-refractivity contribution in [3.63, 3.8) is 0 Å². The van der Waals surface area contributed by atoms with Gasteiger partial charge < -0.3 is 9.84 Å². The zero-order valence-corrected chi connectivity index (χ0v) is 13.6. The molecular formula is C13H18BrNO4S. The molecule has 0 saturated carbocycles. The molecule has 0 amide bonds. The predicted octanol–water partition coefficient (Wildman–Crippen LogP) is 1.79. The van der Waals surface area contributed by atoms with Crippen LogP contribution in [0.1, 0.15) is 25.3 Å². The van der Waals surface area contributed by atoms with Gasteiger partial charge in [0.15, 0.2) is 0 Å². The molecule has 0 spiro atoms. The van der Waals surface area contributed by atoms with Crippen LogP contribution in [0.25, 0.3) is 0 Å². The first kappa shape index (κ1) is 15.9. The van der Waals surface area contributed by atoms with Crippen molar-refractivity contribution in [2.24, 2.45) is 0 Å². The van der Waals surface area contributed by atoms with Gasteiger partial charge in [-0.05, 0) is 53.4 Å². The van der Waals surface area contributed by atoms with E-state index in [1.165, 1.54) is 6.07 Å². The largest absolute Gasteiger partial charge is 0.392 e. The zero-order valence-electron chi connectivity index (χ0n) is 11.2. The average molecular weight is 364 g/mol. The fourth-order valence-corrected chi connectivity index (χ4v) is 4.76. The Bertz CT molecular complexity index is 582. The molecule has 1 aromatic carbocycles. The summed E-state index contributed by atoms with van der Waals surface area (Å²) >= 11 is 3.25. The van der Waals surface area contributed by atoms with Crippen LogP contribution in [-0.2, 0) is 21.4 Å². The minimum Gasteiger partial charge on any atom is -0.392 e. The monoisotopic (exact) mass is 363 g/mol. The third kappa shape index (κ3) is 3.59. The van der Waals surface area contributed by atoms with E-state index in [1.54, 1.807) is 12.1 Å². The fourth-order valence-electron chi connectivity index (χ4n) is 2.16. The molecule has 0 bridgehead atoms. The number of hydrogen-bond donors (Lipinski definition) is 2. The standard InChI is InChI=1S/C13H18BrNO4S/c1-13(4-6-19-7-5-13)15-20(17,18)12-3-2-10(9-16)8-11(12)14/h2-3,8,15-16H,4-7,9H2,1H3. The van der Waals surface area contributed by atoms with E-state index < -0.39 is 15.6 Å². The first-order chi connectivity index (χ1) is 9.36. The second kappa shape index (κ2) is 6.11. The van der Waals surface area contributed by atoms with E-state index in [2.05, 4.69) is 20.7 Å². The lowest BCUT2D eigenvalue weighted by Gasteiger charge is -2.34. The third-order valence-corrected chi connectivity index (χ3v) is 6.06.